The molecule has 1 aliphatic heterocycles. The molecule has 4 nitrogen and oxygen atoms in total. The molecule has 0 unspecified atom stereocenters. The number of para-hydroxylation sites is 1. The van der Waals surface area contributed by atoms with Gasteiger partial charge in [-0.1, -0.05) is 18.2 Å². The Hall–Kier alpha value is -0.970. The molecule has 0 aliphatic carbocycles. The van der Waals surface area contributed by atoms with Crippen molar-refractivity contribution in [1.82, 2.24) is 9.80 Å². The zero-order valence-electron chi connectivity index (χ0n) is 14.9. The first-order valence-electron chi connectivity index (χ1n) is 8.32. The number of nitrogen functional groups attached to an aromatic ring is 1. The van der Waals surface area contributed by atoms with Crippen molar-refractivity contribution >= 4 is 36.4 Å². The summed E-state index contributed by atoms with van der Waals surface area (Å²) in [5.74, 6) is 0.228. The van der Waals surface area contributed by atoms with E-state index in [1.54, 1.807) is 0 Å². The summed E-state index contributed by atoms with van der Waals surface area (Å²) in [6, 6.07) is 8.78. The molecule has 0 radical (unpaired) electrons. The molecule has 24 heavy (non-hydrogen) atoms. The number of nitrogens with zero attached hydrogens (tertiary/aromatic N) is 2. The van der Waals surface area contributed by atoms with Crippen molar-refractivity contribution in [3.63, 3.8) is 0 Å². The van der Waals surface area contributed by atoms with Gasteiger partial charge in [-0.05, 0) is 44.7 Å². The van der Waals surface area contributed by atoms with Gasteiger partial charge in [0.25, 0.3) is 0 Å². The van der Waals surface area contributed by atoms with Crippen molar-refractivity contribution in [3.8, 4) is 0 Å². The minimum atomic E-state index is 0. The molecule has 0 atom stereocenters. The number of halogens is 2. The average Bonchev–Trinajstić information content (AvgIpc) is 2.53. The highest BCUT2D eigenvalue weighted by Gasteiger charge is 2.26. The molecule has 1 saturated heterocycles. The van der Waals surface area contributed by atoms with Crippen molar-refractivity contribution in [3.05, 3.63) is 29.8 Å². The second-order valence-corrected chi connectivity index (χ2v) is 6.56. The summed E-state index contributed by atoms with van der Waals surface area (Å²) in [6.07, 6.45) is 3.41. The number of carbonyl (C=O) groups excluding carboxylic acids is 1. The van der Waals surface area contributed by atoms with Gasteiger partial charge >= 0.3 is 0 Å². The molecule has 2 rings (SSSR count). The number of rotatable bonds is 5. The Morgan fingerprint density at radius 2 is 1.83 bits per heavy atom. The van der Waals surface area contributed by atoms with Crippen LogP contribution in [0.15, 0.2) is 24.3 Å². The summed E-state index contributed by atoms with van der Waals surface area (Å²) >= 11 is 0. The van der Waals surface area contributed by atoms with Crippen molar-refractivity contribution in [1.29, 1.82) is 0 Å². The van der Waals surface area contributed by atoms with E-state index in [0.29, 0.717) is 18.5 Å². The minimum Gasteiger partial charge on any atom is -0.399 e. The highest BCUT2D eigenvalue weighted by atomic mass is 35.5. The maximum atomic E-state index is 12.4. The van der Waals surface area contributed by atoms with Crippen molar-refractivity contribution < 1.29 is 4.79 Å². The van der Waals surface area contributed by atoms with Gasteiger partial charge < -0.3 is 15.5 Å². The molecule has 1 aliphatic rings. The second kappa shape index (κ2) is 10.8. The van der Waals surface area contributed by atoms with E-state index < -0.39 is 0 Å². The normalized spacial score (nSPS) is 15.5. The maximum absolute atomic E-state index is 12.4. The zero-order chi connectivity index (χ0) is 16.1. The zero-order valence-corrected chi connectivity index (χ0v) is 16.5. The van der Waals surface area contributed by atoms with Crippen LogP contribution in [0.1, 0.15) is 38.7 Å². The Bertz CT molecular complexity index is 503. The van der Waals surface area contributed by atoms with Crippen LogP contribution in [0.2, 0.25) is 0 Å². The fraction of sp³-hybridized carbons (Fsp3) is 0.611. The Morgan fingerprint density at radius 3 is 2.38 bits per heavy atom. The van der Waals surface area contributed by atoms with E-state index >= 15 is 0 Å². The molecule has 1 heterocycles. The van der Waals surface area contributed by atoms with Gasteiger partial charge in [0.05, 0.1) is 0 Å². The molecule has 6 heteroatoms. The topological polar surface area (TPSA) is 49.6 Å². The third-order valence-corrected chi connectivity index (χ3v) is 4.83. The van der Waals surface area contributed by atoms with Crippen LogP contribution < -0.4 is 5.73 Å². The Morgan fingerprint density at radius 1 is 1.25 bits per heavy atom. The van der Waals surface area contributed by atoms with E-state index in [1.807, 2.05) is 36.2 Å². The summed E-state index contributed by atoms with van der Waals surface area (Å²) in [6.45, 7) is 6.65. The molecule has 1 amide bonds. The standard InChI is InChI=1S/C18H29N3O.2ClH/c1-14(2)21-12-10-16(11-13-21)20(3)18(22)9-8-15-6-4-5-7-17(15)19;;/h4-7,14,16H,8-13,19H2,1-3H3;2*1H. The number of aryl methyl sites for hydroxylation is 1. The lowest BCUT2D eigenvalue weighted by Crippen LogP contribution is -2.47. The quantitative estimate of drug-likeness (QED) is 0.802. The van der Waals surface area contributed by atoms with E-state index in [9.17, 15) is 4.79 Å². The predicted molar refractivity (Wildman–Crippen MR) is 106 cm³/mol. The SMILES string of the molecule is CC(C)N1CCC(N(C)C(=O)CCc2ccccc2N)CC1.Cl.Cl. The van der Waals surface area contributed by atoms with E-state index in [0.717, 1.165) is 43.6 Å². The fourth-order valence-electron chi connectivity index (χ4n) is 3.17. The Balaban J connectivity index is 0.00000264. The van der Waals surface area contributed by atoms with Gasteiger partial charge in [-0.3, -0.25) is 4.79 Å². The summed E-state index contributed by atoms with van der Waals surface area (Å²) in [5.41, 5.74) is 7.79. The van der Waals surface area contributed by atoms with E-state index in [2.05, 4.69) is 18.7 Å². The lowest BCUT2D eigenvalue weighted by atomic mass is 10.0. The van der Waals surface area contributed by atoms with Gasteiger partial charge in [-0.25, -0.2) is 0 Å². The molecule has 2 N–H and O–H groups in total. The van der Waals surface area contributed by atoms with Crippen molar-refractivity contribution in [2.24, 2.45) is 0 Å². The van der Waals surface area contributed by atoms with Crippen molar-refractivity contribution in [2.75, 3.05) is 25.9 Å². The number of hydrogen-bond acceptors (Lipinski definition) is 3. The van der Waals surface area contributed by atoms with Crippen LogP contribution in [0.25, 0.3) is 0 Å². The van der Waals surface area contributed by atoms with Gasteiger partial charge in [0.1, 0.15) is 0 Å². The van der Waals surface area contributed by atoms with Gasteiger partial charge in [0, 0.05) is 44.3 Å². The van der Waals surface area contributed by atoms with Crippen LogP contribution >= 0.6 is 24.8 Å². The summed E-state index contributed by atoms with van der Waals surface area (Å²) in [4.78, 5) is 16.9. The number of carbonyl (C=O) groups is 1. The predicted octanol–water partition coefficient (Wildman–Crippen LogP) is 3.38. The number of amides is 1. The second-order valence-electron chi connectivity index (χ2n) is 6.56. The first-order valence-corrected chi connectivity index (χ1v) is 8.32. The van der Waals surface area contributed by atoms with Crippen LogP contribution in [0, 0.1) is 0 Å². The van der Waals surface area contributed by atoms with Gasteiger partial charge in [0.2, 0.25) is 5.91 Å². The fourth-order valence-corrected chi connectivity index (χ4v) is 3.17. The monoisotopic (exact) mass is 375 g/mol. The first kappa shape index (κ1) is 23.0. The number of likely N-dealkylation sites (tertiary alicyclic amines) is 1. The van der Waals surface area contributed by atoms with Crippen LogP contribution in [0.5, 0.6) is 0 Å². The molecule has 0 saturated carbocycles. The Labute approximate surface area is 158 Å². The number of anilines is 1. The summed E-state index contributed by atoms with van der Waals surface area (Å²) in [5, 5.41) is 0. The maximum Gasteiger partial charge on any atom is 0.222 e. The van der Waals surface area contributed by atoms with Crippen molar-refractivity contribution in [2.45, 2.75) is 51.6 Å². The average molecular weight is 376 g/mol. The third-order valence-electron chi connectivity index (χ3n) is 4.83. The Kier molecular flexibility index (Phi) is 10.4. The number of nitrogens with two attached hydrogens (primary N) is 1. The number of benzene rings is 1. The molecule has 1 aromatic rings. The highest BCUT2D eigenvalue weighted by Crippen LogP contribution is 2.19. The molecule has 0 aromatic heterocycles. The van der Waals surface area contributed by atoms with Gasteiger partial charge in [-0.15, -0.1) is 24.8 Å². The number of piperidine rings is 1. The smallest absolute Gasteiger partial charge is 0.222 e. The van der Waals surface area contributed by atoms with E-state index in [1.165, 1.54) is 0 Å². The minimum absolute atomic E-state index is 0. The third kappa shape index (κ3) is 6.15. The molecule has 1 fully saturated rings. The largest absolute Gasteiger partial charge is 0.399 e. The lowest BCUT2D eigenvalue weighted by molar-refractivity contribution is -0.132. The van der Waals surface area contributed by atoms with Crippen LogP contribution in [0.3, 0.4) is 0 Å². The van der Waals surface area contributed by atoms with Crippen LogP contribution in [-0.2, 0) is 11.2 Å². The van der Waals surface area contributed by atoms with Crippen LogP contribution in [-0.4, -0.2) is 47.9 Å². The first-order chi connectivity index (χ1) is 10.5. The van der Waals surface area contributed by atoms with E-state index in [-0.39, 0.29) is 30.7 Å². The van der Waals surface area contributed by atoms with E-state index in [4.69, 9.17) is 5.73 Å². The lowest BCUT2D eigenvalue weighted by Gasteiger charge is -2.38. The summed E-state index contributed by atoms with van der Waals surface area (Å²) < 4.78 is 0. The number of hydrogen-bond donors (Lipinski definition) is 1. The van der Waals surface area contributed by atoms with Gasteiger partial charge in [-0.2, -0.15) is 0 Å². The molecule has 1 aromatic carbocycles. The van der Waals surface area contributed by atoms with Gasteiger partial charge in [0.15, 0.2) is 0 Å². The molecule has 138 valence electrons. The van der Waals surface area contributed by atoms with Crippen LogP contribution in [0.4, 0.5) is 5.69 Å². The molecular weight excluding hydrogens is 345 g/mol. The highest BCUT2D eigenvalue weighted by molar-refractivity contribution is 5.85. The molecular formula is C18H31Cl2N3O. The molecule has 0 spiro atoms. The molecule has 0 bridgehead atoms. The summed E-state index contributed by atoms with van der Waals surface area (Å²) in [7, 11) is 1.95.